The van der Waals surface area contributed by atoms with E-state index in [1.165, 1.54) is 6.92 Å². The van der Waals surface area contributed by atoms with Gasteiger partial charge in [0.25, 0.3) is 5.91 Å². The average molecular weight is 358 g/mol. The number of amides is 2. The van der Waals surface area contributed by atoms with Crippen LogP contribution < -0.4 is 10.1 Å². The Morgan fingerprint density at radius 2 is 1.88 bits per heavy atom. The van der Waals surface area contributed by atoms with Crippen molar-refractivity contribution < 1.29 is 27.5 Å². The maximum Gasteiger partial charge on any atom is 0.408 e. The first-order chi connectivity index (χ1) is 11.7. The fraction of sp³-hybridized carbons (Fsp3) is 0.529. The van der Waals surface area contributed by atoms with Crippen LogP contribution in [0.5, 0.6) is 5.75 Å². The number of nitrogens with one attached hydrogen (secondary N) is 1. The first-order valence-corrected chi connectivity index (χ1v) is 7.99. The second kappa shape index (κ2) is 7.76. The minimum atomic E-state index is -4.51. The minimum Gasteiger partial charge on any atom is -0.484 e. The third-order valence-corrected chi connectivity index (χ3v) is 4.07. The molecule has 1 saturated heterocycles. The Labute approximate surface area is 144 Å². The number of halogens is 3. The number of piperidine rings is 1. The van der Waals surface area contributed by atoms with Crippen LogP contribution in [0.15, 0.2) is 24.3 Å². The van der Waals surface area contributed by atoms with E-state index in [0.717, 1.165) is 10.5 Å². The molecule has 0 spiro atoms. The zero-order valence-corrected chi connectivity index (χ0v) is 14.1. The lowest BCUT2D eigenvalue weighted by Gasteiger charge is -2.40. The third kappa shape index (κ3) is 5.37. The van der Waals surface area contributed by atoms with Crippen LogP contribution in [0.25, 0.3) is 0 Å². The number of likely N-dealkylation sites (tertiary alicyclic amines) is 1. The predicted molar refractivity (Wildman–Crippen MR) is 85.1 cm³/mol. The van der Waals surface area contributed by atoms with Crippen LogP contribution in [-0.2, 0) is 9.59 Å². The summed E-state index contributed by atoms with van der Waals surface area (Å²) in [6.07, 6.45) is -4.59. The molecule has 0 saturated carbocycles. The van der Waals surface area contributed by atoms with Gasteiger partial charge in [-0.15, -0.1) is 0 Å². The molecule has 0 aromatic heterocycles. The highest BCUT2D eigenvalue weighted by molar-refractivity contribution is 5.79. The van der Waals surface area contributed by atoms with Gasteiger partial charge in [-0.3, -0.25) is 9.59 Å². The number of hydrogen-bond acceptors (Lipinski definition) is 3. The molecule has 0 radical (unpaired) electrons. The largest absolute Gasteiger partial charge is 0.484 e. The van der Waals surface area contributed by atoms with Crippen molar-refractivity contribution in [3.05, 3.63) is 29.8 Å². The molecule has 1 heterocycles. The second-order valence-corrected chi connectivity index (χ2v) is 6.18. The topological polar surface area (TPSA) is 58.6 Å². The Morgan fingerprint density at radius 1 is 1.24 bits per heavy atom. The van der Waals surface area contributed by atoms with Crippen molar-refractivity contribution in [2.24, 2.45) is 0 Å². The van der Waals surface area contributed by atoms with Crippen molar-refractivity contribution >= 4 is 11.8 Å². The number of rotatable bonds is 4. The van der Waals surface area contributed by atoms with Gasteiger partial charge in [0.05, 0.1) is 0 Å². The number of carbonyl (C=O) groups excluding carboxylic acids is 2. The molecule has 2 rings (SSSR count). The van der Waals surface area contributed by atoms with E-state index in [-0.39, 0.29) is 25.3 Å². The normalized spacial score (nSPS) is 20.9. The molecule has 2 unspecified atom stereocenters. The van der Waals surface area contributed by atoms with Crippen molar-refractivity contribution in [1.82, 2.24) is 10.2 Å². The van der Waals surface area contributed by atoms with E-state index < -0.39 is 30.8 Å². The molecule has 25 heavy (non-hydrogen) atoms. The lowest BCUT2D eigenvalue weighted by Crippen LogP contribution is -2.59. The van der Waals surface area contributed by atoms with Gasteiger partial charge >= 0.3 is 6.18 Å². The summed E-state index contributed by atoms with van der Waals surface area (Å²) in [4.78, 5) is 24.2. The van der Waals surface area contributed by atoms with Gasteiger partial charge in [0.1, 0.15) is 11.8 Å². The molecule has 1 aromatic rings. The molecular weight excluding hydrogens is 337 g/mol. The predicted octanol–water partition coefficient (Wildman–Crippen LogP) is 2.43. The number of aryl methyl sites for hydroxylation is 1. The molecule has 8 heteroatoms. The number of nitrogens with zero attached hydrogens (tertiary/aromatic N) is 1. The third-order valence-electron chi connectivity index (χ3n) is 4.07. The van der Waals surface area contributed by atoms with Crippen LogP contribution in [-0.4, -0.2) is 48.1 Å². The molecule has 1 aliphatic heterocycles. The van der Waals surface area contributed by atoms with Crippen molar-refractivity contribution in [2.75, 3.05) is 13.2 Å². The van der Waals surface area contributed by atoms with Gasteiger partial charge in [0.2, 0.25) is 5.91 Å². The molecule has 0 aliphatic carbocycles. The molecule has 5 nitrogen and oxygen atoms in total. The summed E-state index contributed by atoms with van der Waals surface area (Å²) < 4.78 is 45.0. The van der Waals surface area contributed by atoms with Gasteiger partial charge < -0.3 is 15.0 Å². The van der Waals surface area contributed by atoms with Crippen LogP contribution in [0, 0.1) is 6.92 Å². The van der Waals surface area contributed by atoms with E-state index in [1.807, 2.05) is 6.92 Å². The minimum absolute atomic E-state index is 0.173. The Balaban J connectivity index is 2.04. The smallest absolute Gasteiger partial charge is 0.408 e. The summed E-state index contributed by atoms with van der Waals surface area (Å²) in [7, 11) is 0. The molecule has 1 fully saturated rings. The summed E-state index contributed by atoms with van der Waals surface area (Å²) in [5.74, 6) is -0.672. The fourth-order valence-electron chi connectivity index (χ4n) is 2.85. The van der Waals surface area contributed by atoms with E-state index in [0.29, 0.717) is 5.75 Å². The maximum absolute atomic E-state index is 13.2. The molecule has 1 aromatic carbocycles. The summed E-state index contributed by atoms with van der Waals surface area (Å²) in [5, 5.41) is 2.58. The molecular formula is C17H21F3N2O3. The van der Waals surface area contributed by atoms with Crippen LogP contribution in [0.4, 0.5) is 13.2 Å². The lowest BCUT2D eigenvalue weighted by molar-refractivity contribution is -0.198. The second-order valence-electron chi connectivity index (χ2n) is 6.18. The number of ether oxygens (including phenoxy) is 1. The zero-order chi connectivity index (χ0) is 18.6. The molecule has 2 atom stereocenters. The highest BCUT2D eigenvalue weighted by atomic mass is 19.4. The van der Waals surface area contributed by atoms with E-state index in [9.17, 15) is 22.8 Å². The highest BCUT2D eigenvalue weighted by Gasteiger charge is 2.48. The lowest BCUT2D eigenvalue weighted by atomic mass is 9.97. The Morgan fingerprint density at radius 3 is 2.44 bits per heavy atom. The average Bonchev–Trinajstić information content (AvgIpc) is 2.52. The van der Waals surface area contributed by atoms with Crippen molar-refractivity contribution in [1.29, 1.82) is 0 Å². The summed E-state index contributed by atoms with van der Waals surface area (Å²) in [6, 6.07) is 4.53. The van der Waals surface area contributed by atoms with E-state index in [2.05, 4.69) is 5.32 Å². The van der Waals surface area contributed by atoms with Crippen LogP contribution in [0.1, 0.15) is 25.3 Å². The van der Waals surface area contributed by atoms with E-state index in [1.54, 1.807) is 24.3 Å². The van der Waals surface area contributed by atoms with Crippen LogP contribution >= 0.6 is 0 Å². The number of carbonyl (C=O) groups is 2. The maximum atomic E-state index is 13.2. The van der Waals surface area contributed by atoms with E-state index >= 15 is 0 Å². The van der Waals surface area contributed by atoms with Gasteiger partial charge in [-0.05, 0) is 31.9 Å². The Hall–Kier alpha value is -2.25. The fourth-order valence-corrected chi connectivity index (χ4v) is 2.85. The quantitative estimate of drug-likeness (QED) is 0.899. The molecule has 2 amide bonds. The molecule has 1 N–H and O–H groups in total. The highest BCUT2D eigenvalue weighted by Crippen LogP contribution is 2.32. The zero-order valence-electron chi connectivity index (χ0n) is 14.1. The van der Waals surface area contributed by atoms with Crippen molar-refractivity contribution in [3.63, 3.8) is 0 Å². The first kappa shape index (κ1) is 19.1. The molecule has 1 aliphatic rings. The van der Waals surface area contributed by atoms with Gasteiger partial charge in [-0.2, -0.15) is 13.2 Å². The van der Waals surface area contributed by atoms with Crippen molar-refractivity contribution in [2.45, 2.75) is 44.9 Å². The Kier molecular flexibility index (Phi) is 5.92. The SMILES string of the molecule is CC(=O)NC1CCC(C(F)(F)F)N(C(=O)COc2ccc(C)cc2)C1. The standard InChI is InChI=1S/C17H21F3N2O3/c1-11-3-6-14(7-4-11)25-10-16(24)22-9-13(21-12(2)23)5-8-15(22)17(18,19)20/h3-4,6-7,13,15H,5,8-10H2,1-2H3,(H,21,23). The van der Waals surface area contributed by atoms with Crippen molar-refractivity contribution in [3.8, 4) is 5.75 Å². The van der Waals surface area contributed by atoms with Crippen LogP contribution in [0.2, 0.25) is 0 Å². The van der Waals surface area contributed by atoms with Gasteiger partial charge in [-0.25, -0.2) is 0 Å². The summed E-state index contributed by atoms with van der Waals surface area (Å²) in [6.45, 7) is 2.52. The number of benzene rings is 1. The summed E-state index contributed by atoms with van der Waals surface area (Å²) in [5.41, 5.74) is 1.00. The monoisotopic (exact) mass is 358 g/mol. The summed E-state index contributed by atoms with van der Waals surface area (Å²) >= 11 is 0. The van der Waals surface area contributed by atoms with E-state index in [4.69, 9.17) is 4.74 Å². The van der Waals surface area contributed by atoms with Crippen LogP contribution in [0.3, 0.4) is 0 Å². The van der Waals surface area contributed by atoms with Gasteiger partial charge in [0, 0.05) is 19.5 Å². The first-order valence-electron chi connectivity index (χ1n) is 7.99. The molecule has 0 bridgehead atoms. The Bertz CT molecular complexity index is 617. The number of alkyl halides is 3. The molecule has 138 valence electrons. The van der Waals surface area contributed by atoms with Gasteiger partial charge in [0.15, 0.2) is 6.61 Å². The number of hydrogen-bond donors (Lipinski definition) is 1. The van der Waals surface area contributed by atoms with Gasteiger partial charge in [-0.1, -0.05) is 17.7 Å².